The van der Waals surface area contributed by atoms with Crippen molar-refractivity contribution in [1.29, 1.82) is 0 Å². The predicted octanol–water partition coefficient (Wildman–Crippen LogP) is 2.72. The predicted molar refractivity (Wildman–Crippen MR) is 89.5 cm³/mol. The maximum atomic E-state index is 11.6. The van der Waals surface area contributed by atoms with Gasteiger partial charge in [-0.25, -0.2) is 0 Å². The topological polar surface area (TPSA) is 41.6 Å². The molecule has 1 aliphatic heterocycles. The number of rotatable bonds is 7. The van der Waals surface area contributed by atoms with Gasteiger partial charge in [0.25, 0.3) is 0 Å². The van der Waals surface area contributed by atoms with Crippen LogP contribution < -0.4 is 10.1 Å². The van der Waals surface area contributed by atoms with E-state index >= 15 is 0 Å². The number of piperidine rings is 1. The maximum absolute atomic E-state index is 11.6. The van der Waals surface area contributed by atoms with Crippen LogP contribution in [0.25, 0.3) is 0 Å². The molecule has 1 fully saturated rings. The van der Waals surface area contributed by atoms with Gasteiger partial charge in [0, 0.05) is 24.2 Å². The molecule has 1 saturated heterocycles. The van der Waals surface area contributed by atoms with Crippen molar-refractivity contribution in [3.05, 3.63) is 29.3 Å². The van der Waals surface area contributed by atoms with E-state index in [0.717, 1.165) is 43.1 Å². The van der Waals surface area contributed by atoms with Crippen LogP contribution in [0.1, 0.15) is 42.6 Å². The lowest BCUT2D eigenvalue weighted by Gasteiger charge is -2.33. The number of hydrogen-bond donors (Lipinski definition) is 1. The molecule has 1 aliphatic rings. The summed E-state index contributed by atoms with van der Waals surface area (Å²) >= 11 is 0. The monoisotopic (exact) mass is 304 g/mol. The van der Waals surface area contributed by atoms with Crippen molar-refractivity contribution >= 4 is 5.78 Å². The van der Waals surface area contributed by atoms with E-state index in [2.05, 4.69) is 10.2 Å². The van der Waals surface area contributed by atoms with Crippen LogP contribution in [0.3, 0.4) is 0 Å². The van der Waals surface area contributed by atoms with Gasteiger partial charge in [0.15, 0.2) is 5.78 Å². The van der Waals surface area contributed by atoms with Crippen LogP contribution >= 0.6 is 0 Å². The maximum Gasteiger partial charge on any atom is 0.159 e. The Labute approximate surface area is 133 Å². The minimum atomic E-state index is 0.107. The fraction of sp³-hybridized carbons (Fsp3) is 0.611. The smallest absolute Gasteiger partial charge is 0.159 e. The fourth-order valence-electron chi connectivity index (χ4n) is 3.21. The van der Waals surface area contributed by atoms with Gasteiger partial charge in [-0.05, 0) is 70.9 Å². The quantitative estimate of drug-likeness (QED) is 0.787. The molecule has 0 spiro atoms. The second-order valence-electron chi connectivity index (χ2n) is 6.11. The number of Topliss-reactive ketones (excluding diaryl/α,β-unsaturated/α-hetero) is 1. The second kappa shape index (κ2) is 8.30. The molecular formula is C18H28N2O2. The van der Waals surface area contributed by atoms with Crippen LogP contribution in [-0.4, -0.2) is 44.0 Å². The lowest BCUT2D eigenvalue weighted by Crippen LogP contribution is -2.38. The SMILES string of the molecule is CCOc1ccc(C(C)=O)cc1CN1CCCC(CNC)C1. The summed E-state index contributed by atoms with van der Waals surface area (Å²) in [5.41, 5.74) is 1.89. The molecule has 0 saturated carbocycles. The molecule has 1 atom stereocenters. The summed E-state index contributed by atoms with van der Waals surface area (Å²) in [4.78, 5) is 14.1. The summed E-state index contributed by atoms with van der Waals surface area (Å²) in [7, 11) is 2.02. The van der Waals surface area contributed by atoms with Gasteiger partial charge in [-0.3, -0.25) is 9.69 Å². The third kappa shape index (κ3) is 4.55. The first-order chi connectivity index (χ1) is 10.6. The van der Waals surface area contributed by atoms with Crippen molar-refractivity contribution in [3.63, 3.8) is 0 Å². The van der Waals surface area contributed by atoms with Crippen LogP contribution in [0.5, 0.6) is 5.75 Å². The van der Waals surface area contributed by atoms with Crippen molar-refractivity contribution in [2.45, 2.75) is 33.2 Å². The molecule has 1 unspecified atom stereocenters. The largest absolute Gasteiger partial charge is 0.494 e. The van der Waals surface area contributed by atoms with Crippen LogP contribution in [0.4, 0.5) is 0 Å². The Morgan fingerprint density at radius 2 is 2.27 bits per heavy atom. The molecule has 122 valence electrons. The highest BCUT2D eigenvalue weighted by Crippen LogP contribution is 2.25. The number of nitrogens with zero attached hydrogens (tertiary/aromatic N) is 1. The number of likely N-dealkylation sites (tertiary alicyclic amines) is 1. The third-order valence-corrected chi connectivity index (χ3v) is 4.26. The van der Waals surface area contributed by atoms with Crippen LogP contribution in [0.15, 0.2) is 18.2 Å². The third-order valence-electron chi connectivity index (χ3n) is 4.26. The van der Waals surface area contributed by atoms with E-state index in [9.17, 15) is 4.79 Å². The average Bonchev–Trinajstić information content (AvgIpc) is 2.50. The standard InChI is InChI=1S/C18H28N2O2/c1-4-22-18-8-7-16(14(2)21)10-17(18)13-20-9-5-6-15(12-20)11-19-3/h7-8,10,15,19H,4-6,9,11-13H2,1-3H3. The Bertz CT molecular complexity index is 500. The zero-order valence-electron chi connectivity index (χ0n) is 14.0. The van der Waals surface area contributed by atoms with Crippen molar-refractivity contribution in [1.82, 2.24) is 10.2 Å². The van der Waals surface area contributed by atoms with Crippen molar-refractivity contribution in [2.24, 2.45) is 5.92 Å². The first-order valence-electron chi connectivity index (χ1n) is 8.27. The normalized spacial score (nSPS) is 19.1. The highest BCUT2D eigenvalue weighted by molar-refractivity contribution is 5.94. The minimum Gasteiger partial charge on any atom is -0.494 e. The van der Waals surface area contributed by atoms with Gasteiger partial charge in [0.05, 0.1) is 6.61 Å². The zero-order valence-corrected chi connectivity index (χ0v) is 14.0. The summed E-state index contributed by atoms with van der Waals surface area (Å²) in [6.45, 7) is 8.41. The number of ketones is 1. The van der Waals surface area contributed by atoms with Gasteiger partial charge in [-0.2, -0.15) is 0 Å². The molecule has 4 heteroatoms. The van der Waals surface area contributed by atoms with Gasteiger partial charge < -0.3 is 10.1 Å². The van der Waals surface area contributed by atoms with E-state index in [1.807, 2.05) is 32.2 Å². The van der Waals surface area contributed by atoms with E-state index in [1.54, 1.807) is 6.92 Å². The van der Waals surface area contributed by atoms with Crippen LogP contribution in [-0.2, 0) is 6.54 Å². The number of carbonyl (C=O) groups excluding carboxylic acids is 1. The van der Waals surface area contributed by atoms with Gasteiger partial charge in [0.1, 0.15) is 5.75 Å². The Balaban J connectivity index is 2.12. The number of benzene rings is 1. The van der Waals surface area contributed by atoms with Crippen LogP contribution in [0.2, 0.25) is 0 Å². The van der Waals surface area contributed by atoms with Gasteiger partial charge in [0.2, 0.25) is 0 Å². The van der Waals surface area contributed by atoms with Gasteiger partial charge >= 0.3 is 0 Å². The number of ether oxygens (including phenoxy) is 1. The van der Waals surface area contributed by atoms with Crippen molar-refractivity contribution < 1.29 is 9.53 Å². The lowest BCUT2D eigenvalue weighted by atomic mass is 9.97. The first-order valence-corrected chi connectivity index (χ1v) is 8.27. The molecule has 1 aromatic rings. The van der Waals surface area contributed by atoms with Gasteiger partial charge in [-0.1, -0.05) is 0 Å². The van der Waals surface area contributed by atoms with E-state index in [0.29, 0.717) is 12.5 Å². The minimum absolute atomic E-state index is 0.107. The molecule has 0 amide bonds. The molecule has 0 radical (unpaired) electrons. The Hall–Kier alpha value is -1.39. The summed E-state index contributed by atoms with van der Waals surface area (Å²) < 4.78 is 5.74. The molecule has 1 N–H and O–H groups in total. The van der Waals surface area contributed by atoms with Crippen molar-refractivity contribution in [3.8, 4) is 5.75 Å². The number of carbonyl (C=O) groups is 1. The molecule has 0 bridgehead atoms. The molecule has 0 aliphatic carbocycles. The number of hydrogen-bond acceptors (Lipinski definition) is 4. The first kappa shape index (κ1) is 17.0. The molecule has 1 heterocycles. The molecule has 0 aromatic heterocycles. The van der Waals surface area contributed by atoms with E-state index < -0.39 is 0 Å². The molecule has 2 rings (SSSR count). The molecular weight excluding hydrogens is 276 g/mol. The Morgan fingerprint density at radius 3 is 2.95 bits per heavy atom. The van der Waals surface area contributed by atoms with Gasteiger partial charge in [-0.15, -0.1) is 0 Å². The number of nitrogens with one attached hydrogen (secondary N) is 1. The summed E-state index contributed by atoms with van der Waals surface area (Å²) in [5, 5.41) is 3.28. The highest BCUT2D eigenvalue weighted by atomic mass is 16.5. The highest BCUT2D eigenvalue weighted by Gasteiger charge is 2.20. The summed E-state index contributed by atoms with van der Waals surface area (Å²) in [6, 6.07) is 5.79. The average molecular weight is 304 g/mol. The Kier molecular flexibility index (Phi) is 6.40. The molecule has 22 heavy (non-hydrogen) atoms. The Morgan fingerprint density at radius 1 is 1.45 bits per heavy atom. The van der Waals surface area contributed by atoms with Crippen molar-refractivity contribution in [2.75, 3.05) is 33.3 Å². The summed E-state index contributed by atoms with van der Waals surface area (Å²) in [5.74, 6) is 1.73. The second-order valence-corrected chi connectivity index (χ2v) is 6.11. The fourth-order valence-corrected chi connectivity index (χ4v) is 3.21. The van der Waals surface area contributed by atoms with E-state index in [-0.39, 0.29) is 5.78 Å². The lowest BCUT2D eigenvalue weighted by molar-refractivity contribution is 0.101. The van der Waals surface area contributed by atoms with E-state index in [4.69, 9.17) is 4.74 Å². The molecule has 4 nitrogen and oxygen atoms in total. The van der Waals surface area contributed by atoms with Crippen LogP contribution in [0, 0.1) is 5.92 Å². The zero-order chi connectivity index (χ0) is 15.9. The molecule has 1 aromatic carbocycles. The summed E-state index contributed by atoms with van der Waals surface area (Å²) in [6.07, 6.45) is 2.53. The van der Waals surface area contributed by atoms with E-state index in [1.165, 1.54) is 12.8 Å².